The molecule has 3 rings (SSSR count). The lowest BCUT2D eigenvalue weighted by molar-refractivity contribution is 0.0696. The average molecular weight is 387 g/mol. The van der Waals surface area contributed by atoms with Gasteiger partial charge in [0.2, 0.25) is 0 Å². The van der Waals surface area contributed by atoms with E-state index >= 15 is 0 Å². The zero-order valence-corrected chi connectivity index (χ0v) is 15.0. The van der Waals surface area contributed by atoms with Crippen LogP contribution in [0.4, 0.5) is 0 Å². The Labute approximate surface area is 159 Å². The van der Waals surface area contributed by atoms with Crippen LogP contribution in [0.1, 0.15) is 21.5 Å². The third-order valence-corrected chi connectivity index (χ3v) is 3.84. The van der Waals surface area contributed by atoms with Crippen molar-refractivity contribution in [3.8, 4) is 11.5 Å². The number of hydrogen-bond acceptors (Lipinski definition) is 6. The summed E-state index contributed by atoms with van der Waals surface area (Å²) in [6.45, 7) is 0.144. The molecule has 0 atom stereocenters. The summed E-state index contributed by atoms with van der Waals surface area (Å²) in [6, 6.07) is 9.90. The van der Waals surface area contributed by atoms with Gasteiger partial charge in [0, 0.05) is 0 Å². The molecule has 0 aliphatic rings. The summed E-state index contributed by atoms with van der Waals surface area (Å²) in [6.07, 6.45) is 4.49. The molecule has 3 aromatic rings. The minimum Gasteiger partial charge on any atom is -0.493 e. The number of methoxy groups -OCH3 is 1. The molecule has 1 aromatic heterocycles. The number of halogens is 1. The van der Waals surface area contributed by atoms with Gasteiger partial charge in [-0.25, -0.2) is 9.47 Å². The first kappa shape index (κ1) is 18.4. The van der Waals surface area contributed by atoms with Gasteiger partial charge in [-0.2, -0.15) is 5.10 Å². The third-order valence-electron chi connectivity index (χ3n) is 3.56. The normalized spacial score (nSPS) is 10.9. The van der Waals surface area contributed by atoms with Crippen molar-refractivity contribution in [3.63, 3.8) is 0 Å². The van der Waals surface area contributed by atoms with E-state index in [9.17, 15) is 4.79 Å². The van der Waals surface area contributed by atoms with Crippen LogP contribution < -0.4 is 9.47 Å². The number of ether oxygens (including phenoxy) is 2. The van der Waals surface area contributed by atoms with Gasteiger partial charge in [-0.3, -0.25) is 0 Å². The first-order chi connectivity index (χ1) is 13.1. The highest BCUT2D eigenvalue weighted by Crippen LogP contribution is 2.36. The van der Waals surface area contributed by atoms with Crippen LogP contribution >= 0.6 is 11.6 Å². The minimum atomic E-state index is -0.996. The molecule has 138 valence electrons. The van der Waals surface area contributed by atoms with Gasteiger partial charge in [0.25, 0.3) is 0 Å². The molecule has 0 aliphatic heterocycles. The molecule has 0 saturated heterocycles. The molecule has 8 nitrogen and oxygen atoms in total. The highest BCUT2D eigenvalue weighted by Gasteiger charge is 2.12. The van der Waals surface area contributed by atoms with E-state index in [1.54, 1.807) is 36.5 Å². The van der Waals surface area contributed by atoms with Gasteiger partial charge in [0.15, 0.2) is 11.5 Å². The molecule has 0 unspecified atom stereocenters. The molecule has 0 bridgehead atoms. The summed E-state index contributed by atoms with van der Waals surface area (Å²) in [7, 11) is 1.50. The van der Waals surface area contributed by atoms with E-state index in [4.69, 9.17) is 26.2 Å². The average Bonchev–Trinajstić information content (AvgIpc) is 3.19. The topological polar surface area (TPSA) is 98.8 Å². The number of benzene rings is 2. The third kappa shape index (κ3) is 4.62. The van der Waals surface area contributed by atoms with E-state index in [1.807, 2.05) is 0 Å². The van der Waals surface area contributed by atoms with Crippen LogP contribution in [0.25, 0.3) is 0 Å². The summed E-state index contributed by atoms with van der Waals surface area (Å²) in [5.74, 6) is -0.201. The van der Waals surface area contributed by atoms with E-state index in [0.29, 0.717) is 27.6 Å². The van der Waals surface area contributed by atoms with Gasteiger partial charge in [-0.05, 0) is 35.4 Å². The van der Waals surface area contributed by atoms with Gasteiger partial charge in [-0.15, -0.1) is 10.2 Å². The van der Waals surface area contributed by atoms with Gasteiger partial charge >= 0.3 is 5.97 Å². The van der Waals surface area contributed by atoms with Crippen LogP contribution in [0.5, 0.6) is 11.5 Å². The Morgan fingerprint density at radius 2 is 2.07 bits per heavy atom. The van der Waals surface area contributed by atoms with Crippen LogP contribution in [-0.4, -0.2) is 39.3 Å². The van der Waals surface area contributed by atoms with Gasteiger partial charge in [0.1, 0.15) is 19.3 Å². The lowest BCUT2D eigenvalue weighted by atomic mass is 10.1. The molecular formula is C18H15ClN4O4. The first-order valence-electron chi connectivity index (χ1n) is 7.78. The molecule has 27 heavy (non-hydrogen) atoms. The number of hydrogen-bond donors (Lipinski definition) is 1. The Morgan fingerprint density at radius 3 is 2.78 bits per heavy atom. The summed E-state index contributed by atoms with van der Waals surface area (Å²) in [5.41, 5.74) is 1.59. The second-order valence-electron chi connectivity index (χ2n) is 5.41. The Hall–Kier alpha value is -3.39. The van der Waals surface area contributed by atoms with Crippen LogP contribution in [-0.2, 0) is 6.61 Å². The van der Waals surface area contributed by atoms with Crippen LogP contribution in [0.15, 0.2) is 54.2 Å². The lowest BCUT2D eigenvalue weighted by Gasteiger charge is -2.13. The van der Waals surface area contributed by atoms with E-state index in [2.05, 4.69) is 15.3 Å². The molecule has 2 aromatic carbocycles. The van der Waals surface area contributed by atoms with Crippen molar-refractivity contribution in [2.45, 2.75) is 6.61 Å². The number of rotatable bonds is 7. The molecule has 0 radical (unpaired) electrons. The number of carbonyl (C=O) groups is 1. The SMILES string of the molecule is COc1cc(/C=N\n2cnnc2)cc(Cl)c1OCc1cccc(C(=O)O)c1. The maximum Gasteiger partial charge on any atom is 0.335 e. The molecule has 1 heterocycles. The summed E-state index contributed by atoms with van der Waals surface area (Å²) >= 11 is 6.33. The zero-order valence-electron chi connectivity index (χ0n) is 14.2. The monoisotopic (exact) mass is 386 g/mol. The van der Waals surface area contributed by atoms with Crippen LogP contribution in [0.2, 0.25) is 5.02 Å². The maximum absolute atomic E-state index is 11.1. The van der Waals surface area contributed by atoms with Crippen molar-refractivity contribution in [2.75, 3.05) is 7.11 Å². The number of nitrogens with zero attached hydrogens (tertiary/aromatic N) is 4. The van der Waals surface area contributed by atoms with Gasteiger partial charge < -0.3 is 14.6 Å². The van der Waals surface area contributed by atoms with Crippen LogP contribution in [0.3, 0.4) is 0 Å². The first-order valence-corrected chi connectivity index (χ1v) is 8.16. The Bertz CT molecular complexity index is 973. The smallest absolute Gasteiger partial charge is 0.335 e. The van der Waals surface area contributed by atoms with E-state index in [0.717, 1.165) is 0 Å². The summed E-state index contributed by atoms with van der Waals surface area (Å²) in [5, 5.41) is 20.9. The predicted octanol–water partition coefficient (Wildman–Crippen LogP) is 3.10. The molecule has 0 aliphatic carbocycles. The van der Waals surface area contributed by atoms with Crippen molar-refractivity contribution >= 4 is 23.8 Å². The van der Waals surface area contributed by atoms with E-state index in [1.165, 1.54) is 30.5 Å². The maximum atomic E-state index is 11.1. The predicted molar refractivity (Wildman–Crippen MR) is 98.8 cm³/mol. The lowest BCUT2D eigenvalue weighted by Crippen LogP contribution is -2.02. The fraction of sp³-hybridized carbons (Fsp3) is 0.111. The highest BCUT2D eigenvalue weighted by atomic mass is 35.5. The largest absolute Gasteiger partial charge is 0.493 e. The van der Waals surface area contributed by atoms with Gasteiger partial charge in [-0.1, -0.05) is 23.7 Å². The Kier molecular flexibility index (Phi) is 5.68. The number of aromatic nitrogens is 3. The molecule has 9 heteroatoms. The van der Waals surface area contributed by atoms with Crippen molar-refractivity contribution in [3.05, 3.63) is 70.8 Å². The fourth-order valence-corrected chi connectivity index (χ4v) is 2.57. The highest BCUT2D eigenvalue weighted by molar-refractivity contribution is 6.32. The second-order valence-corrected chi connectivity index (χ2v) is 5.82. The van der Waals surface area contributed by atoms with Crippen molar-refractivity contribution < 1.29 is 19.4 Å². The standard InChI is InChI=1S/C18H15ClN4O4/c1-26-16-7-13(8-22-23-10-20-21-11-23)6-15(19)17(16)27-9-12-3-2-4-14(5-12)18(24)25/h2-8,10-11H,9H2,1H3,(H,24,25)/b22-8-. The quantitative estimate of drug-likeness (QED) is 0.626. The second kappa shape index (κ2) is 8.33. The van der Waals surface area contributed by atoms with Crippen molar-refractivity contribution in [1.29, 1.82) is 0 Å². The molecule has 1 N–H and O–H groups in total. The molecule has 0 spiro atoms. The Balaban J connectivity index is 1.79. The fourth-order valence-electron chi connectivity index (χ4n) is 2.29. The number of aromatic carboxylic acids is 1. The molecule has 0 saturated carbocycles. The molecule has 0 fully saturated rings. The van der Waals surface area contributed by atoms with E-state index < -0.39 is 5.97 Å². The summed E-state index contributed by atoms with van der Waals surface area (Å²) in [4.78, 5) is 11.1. The van der Waals surface area contributed by atoms with Gasteiger partial charge in [0.05, 0.1) is 23.9 Å². The van der Waals surface area contributed by atoms with E-state index in [-0.39, 0.29) is 12.2 Å². The number of carboxylic acids is 1. The molecule has 0 amide bonds. The number of carboxylic acid groups (broad SMARTS) is 1. The minimum absolute atomic E-state index is 0.144. The summed E-state index contributed by atoms with van der Waals surface area (Å²) < 4.78 is 12.6. The van der Waals surface area contributed by atoms with Crippen LogP contribution in [0, 0.1) is 0 Å². The Morgan fingerprint density at radius 1 is 1.30 bits per heavy atom. The van der Waals surface area contributed by atoms with Crippen molar-refractivity contribution in [2.24, 2.45) is 5.10 Å². The zero-order chi connectivity index (χ0) is 19.2. The molecular weight excluding hydrogens is 372 g/mol. The van der Waals surface area contributed by atoms with Crippen molar-refractivity contribution in [1.82, 2.24) is 14.9 Å².